The smallest absolute Gasteiger partial charge is 0.475 e. The lowest BCUT2D eigenvalue weighted by molar-refractivity contribution is -0.192. The standard InChI is InChI=1S/C22H21ClN4O3S2.C2HF3O2/c23-31-17-4-1-15(2-5-17)9-12-32(29,30)26-20-8-11-27(22(20)28)14-16-3-6-18-19(24)7-10-25-21(18)13-16;3-2(4,5)1(6)7/h1-7,9-10,12-13,20,26H,8,11,14H2,(H2,24,25);(H,6,7)/t20-;/m0./s1. The zero-order chi connectivity index (χ0) is 28.8. The van der Waals surface area contributed by atoms with Crippen LogP contribution in [0, 0.1) is 0 Å². The molecule has 208 valence electrons. The summed E-state index contributed by atoms with van der Waals surface area (Å²) < 4.78 is 59.1. The van der Waals surface area contributed by atoms with Crippen LogP contribution in [0.15, 0.2) is 65.0 Å². The number of hydrogen-bond donors (Lipinski definition) is 3. The van der Waals surface area contributed by atoms with Crippen LogP contribution in [0.4, 0.5) is 18.9 Å². The van der Waals surface area contributed by atoms with Gasteiger partial charge in [-0.3, -0.25) is 9.78 Å². The maximum atomic E-state index is 12.8. The normalized spacial score (nSPS) is 15.9. The highest BCUT2D eigenvalue weighted by Crippen LogP contribution is 2.23. The summed E-state index contributed by atoms with van der Waals surface area (Å²) in [6.45, 7) is 0.847. The number of carbonyl (C=O) groups excluding carboxylic acids is 1. The summed E-state index contributed by atoms with van der Waals surface area (Å²) in [5, 5.41) is 9.06. The number of nitrogens with zero attached hydrogens (tertiary/aromatic N) is 2. The van der Waals surface area contributed by atoms with E-state index in [4.69, 9.17) is 26.3 Å². The number of nitrogens with two attached hydrogens (primary N) is 1. The number of nitrogen functional groups attached to an aromatic ring is 1. The second-order valence-electron chi connectivity index (χ2n) is 8.27. The highest BCUT2D eigenvalue weighted by atomic mass is 35.7. The molecule has 0 saturated carbocycles. The fraction of sp³-hybridized carbons (Fsp3) is 0.208. The van der Waals surface area contributed by atoms with Crippen LogP contribution in [0.1, 0.15) is 17.5 Å². The van der Waals surface area contributed by atoms with Crippen molar-refractivity contribution < 1.29 is 36.3 Å². The van der Waals surface area contributed by atoms with Gasteiger partial charge >= 0.3 is 12.1 Å². The highest BCUT2D eigenvalue weighted by Gasteiger charge is 2.38. The van der Waals surface area contributed by atoms with Crippen LogP contribution < -0.4 is 10.5 Å². The van der Waals surface area contributed by atoms with Crippen molar-refractivity contribution in [3.8, 4) is 0 Å². The number of halogens is 4. The van der Waals surface area contributed by atoms with E-state index >= 15 is 0 Å². The lowest BCUT2D eigenvalue weighted by Gasteiger charge is -2.17. The zero-order valence-corrected chi connectivity index (χ0v) is 22.3. The molecule has 1 aromatic heterocycles. The van der Waals surface area contributed by atoms with Gasteiger partial charge in [0.2, 0.25) is 15.9 Å². The van der Waals surface area contributed by atoms with Crippen molar-refractivity contribution in [2.75, 3.05) is 12.3 Å². The van der Waals surface area contributed by atoms with E-state index in [1.54, 1.807) is 41.4 Å². The van der Waals surface area contributed by atoms with E-state index in [0.29, 0.717) is 25.2 Å². The van der Waals surface area contributed by atoms with Crippen molar-refractivity contribution >= 4 is 66.2 Å². The Labute approximate surface area is 230 Å². The third-order valence-electron chi connectivity index (χ3n) is 5.47. The van der Waals surface area contributed by atoms with Crippen LogP contribution in [0.25, 0.3) is 17.0 Å². The van der Waals surface area contributed by atoms with Gasteiger partial charge in [-0.15, -0.1) is 0 Å². The number of hydrogen-bond acceptors (Lipinski definition) is 7. The molecule has 39 heavy (non-hydrogen) atoms. The molecule has 0 radical (unpaired) electrons. The van der Waals surface area contributed by atoms with E-state index in [9.17, 15) is 26.4 Å². The minimum atomic E-state index is -5.08. The number of anilines is 1. The largest absolute Gasteiger partial charge is 0.490 e. The molecule has 15 heteroatoms. The molecule has 0 bridgehead atoms. The quantitative estimate of drug-likeness (QED) is 0.361. The number of carboxylic acids is 1. The first kappa shape index (κ1) is 30.2. The molecule has 4 rings (SSSR count). The molecule has 0 aliphatic carbocycles. The number of likely N-dealkylation sites (tertiary alicyclic amines) is 1. The molecule has 4 N–H and O–H groups in total. The molecule has 1 atom stereocenters. The molecule has 0 unspecified atom stereocenters. The lowest BCUT2D eigenvalue weighted by Crippen LogP contribution is -2.40. The number of rotatable bonds is 7. The number of sulfonamides is 1. The summed E-state index contributed by atoms with van der Waals surface area (Å²) in [6.07, 6.45) is -1.55. The van der Waals surface area contributed by atoms with Gasteiger partial charge in [0.15, 0.2) is 0 Å². The van der Waals surface area contributed by atoms with Crippen LogP contribution in [0.2, 0.25) is 0 Å². The van der Waals surface area contributed by atoms with Gasteiger partial charge in [0.05, 0.1) is 5.52 Å². The average Bonchev–Trinajstić information content (AvgIpc) is 3.21. The predicted molar refractivity (Wildman–Crippen MR) is 143 cm³/mol. The van der Waals surface area contributed by atoms with Gasteiger partial charge in [-0.1, -0.05) is 24.3 Å². The molecule has 1 saturated heterocycles. The minimum absolute atomic E-state index is 0.244. The van der Waals surface area contributed by atoms with Crippen LogP contribution in [0.5, 0.6) is 0 Å². The average molecular weight is 603 g/mol. The van der Waals surface area contributed by atoms with Crippen LogP contribution in [0.3, 0.4) is 0 Å². The number of aliphatic carboxylic acids is 1. The highest BCUT2D eigenvalue weighted by molar-refractivity contribution is 8.21. The predicted octanol–water partition coefficient (Wildman–Crippen LogP) is 4.39. The van der Waals surface area contributed by atoms with Gasteiger partial charge in [0, 0.05) is 40.7 Å². The van der Waals surface area contributed by atoms with Gasteiger partial charge in [0.25, 0.3) is 0 Å². The third-order valence-corrected chi connectivity index (χ3v) is 7.56. The van der Waals surface area contributed by atoms with Crippen LogP contribution in [-0.4, -0.2) is 54.0 Å². The molecule has 2 heterocycles. The molecule has 1 aliphatic rings. The SMILES string of the molecule is Nc1ccnc2cc(CN3CC[C@H](NS(=O)(=O)C=Cc4ccc(SCl)cc4)C3=O)ccc12.O=C(O)C(F)(F)F. The van der Waals surface area contributed by atoms with Crippen molar-refractivity contribution in [3.05, 3.63) is 71.3 Å². The first-order valence-electron chi connectivity index (χ1n) is 11.1. The summed E-state index contributed by atoms with van der Waals surface area (Å²) in [6, 6.07) is 13.8. The van der Waals surface area contributed by atoms with Gasteiger partial charge in [-0.05, 0) is 69.5 Å². The molecule has 1 amide bonds. The Hall–Kier alpha value is -3.33. The molecular formula is C24H22ClF3N4O5S2. The Bertz CT molecular complexity index is 1490. The number of alkyl halides is 3. The monoisotopic (exact) mass is 602 g/mol. The fourth-order valence-corrected chi connectivity index (χ4v) is 5.15. The summed E-state index contributed by atoms with van der Waals surface area (Å²) >= 11 is 0. The van der Waals surface area contributed by atoms with E-state index in [-0.39, 0.29) is 5.91 Å². The first-order chi connectivity index (χ1) is 18.3. The molecule has 9 nitrogen and oxygen atoms in total. The molecular weight excluding hydrogens is 581 g/mol. The number of carbonyl (C=O) groups is 2. The van der Waals surface area contributed by atoms with E-state index in [2.05, 4.69) is 9.71 Å². The Morgan fingerprint density at radius 1 is 1.23 bits per heavy atom. The van der Waals surface area contributed by atoms with Gasteiger partial charge < -0.3 is 15.7 Å². The second-order valence-corrected chi connectivity index (χ2v) is 11.0. The topological polar surface area (TPSA) is 143 Å². The van der Waals surface area contributed by atoms with Crippen LogP contribution in [-0.2, 0) is 26.2 Å². The van der Waals surface area contributed by atoms with E-state index < -0.39 is 28.2 Å². The molecule has 1 fully saturated rings. The summed E-state index contributed by atoms with van der Waals surface area (Å²) in [7, 11) is 3.00. The fourth-order valence-electron chi connectivity index (χ4n) is 3.58. The maximum absolute atomic E-state index is 12.8. The first-order valence-corrected chi connectivity index (χ1v) is 14.3. The van der Waals surface area contributed by atoms with Crippen molar-refractivity contribution in [3.63, 3.8) is 0 Å². The van der Waals surface area contributed by atoms with Gasteiger partial charge in [-0.25, -0.2) is 13.2 Å². The number of amides is 1. The van der Waals surface area contributed by atoms with E-state index in [1.807, 2.05) is 18.2 Å². The van der Waals surface area contributed by atoms with Gasteiger partial charge in [0.1, 0.15) is 6.04 Å². The molecule has 0 spiro atoms. The van der Waals surface area contributed by atoms with Crippen molar-refractivity contribution in [1.29, 1.82) is 0 Å². The summed E-state index contributed by atoms with van der Waals surface area (Å²) in [5.41, 5.74) is 8.99. The molecule has 1 aliphatic heterocycles. The number of carboxylic acid groups (broad SMARTS) is 1. The van der Waals surface area contributed by atoms with Crippen molar-refractivity contribution in [2.45, 2.75) is 30.1 Å². The maximum Gasteiger partial charge on any atom is 0.490 e. The molecule has 3 aromatic rings. The van der Waals surface area contributed by atoms with Crippen molar-refractivity contribution in [1.82, 2.24) is 14.6 Å². The minimum Gasteiger partial charge on any atom is -0.475 e. The van der Waals surface area contributed by atoms with Crippen molar-refractivity contribution in [2.24, 2.45) is 0 Å². The second kappa shape index (κ2) is 12.7. The van der Waals surface area contributed by atoms with E-state index in [1.165, 1.54) is 6.08 Å². The Morgan fingerprint density at radius 2 is 1.90 bits per heavy atom. The Kier molecular flexibility index (Phi) is 9.83. The number of aromatic nitrogens is 1. The van der Waals surface area contributed by atoms with E-state index in [0.717, 1.165) is 43.3 Å². The number of benzene rings is 2. The van der Waals surface area contributed by atoms with Gasteiger partial charge in [-0.2, -0.15) is 17.9 Å². The Morgan fingerprint density at radius 3 is 2.51 bits per heavy atom. The number of fused-ring (bicyclic) bond motifs is 1. The number of pyridine rings is 1. The summed E-state index contributed by atoms with van der Waals surface area (Å²) in [4.78, 5) is 28.5. The third kappa shape index (κ3) is 8.58. The van der Waals surface area contributed by atoms with Crippen LogP contribution >= 0.6 is 21.7 Å². The number of nitrogens with one attached hydrogen (secondary N) is 1. The summed E-state index contributed by atoms with van der Waals surface area (Å²) in [5.74, 6) is -3.00. The zero-order valence-electron chi connectivity index (χ0n) is 19.9. The molecule has 2 aromatic carbocycles. The lowest BCUT2D eigenvalue weighted by atomic mass is 10.1. The Balaban J connectivity index is 0.000000532.